The van der Waals surface area contributed by atoms with Gasteiger partial charge in [-0.25, -0.2) is 0 Å². The number of likely N-dealkylation sites (tertiary alicyclic amines) is 1. The molecule has 2 bridgehead atoms. The number of benzene rings is 1. The first kappa shape index (κ1) is 19.5. The fourth-order valence-electron chi connectivity index (χ4n) is 4.73. The molecule has 1 aromatic rings. The topological polar surface area (TPSA) is 61.4 Å². The summed E-state index contributed by atoms with van der Waals surface area (Å²) in [4.78, 5) is 26.9. The van der Waals surface area contributed by atoms with Crippen LogP contribution in [-0.2, 0) is 9.59 Å². The van der Waals surface area contributed by atoms with E-state index in [-0.39, 0.29) is 48.6 Å². The second-order valence-corrected chi connectivity index (χ2v) is 8.07. The summed E-state index contributed by atoms with van der Waals surface area (Å²) >= 11 is 6.12. The van der Waals surface area contributed by atoms with Crippen LogP contribution in [0.15, 0.2) is 24.3 Å². The minimum absolute atomic E-state index is 0. The molecule has 3 saturated heterocycles. The van der Waals surface area contributed by atoms with Gasteiger partial charge in [-0.15, -0.1) is 12.4 Å². The van der Waals surface area contributed by atoms with Crippen molar-refractivity contribution in [3.63, 3.8) is 0 Å². The van der Waals surface area contributed by atoms with Crippen molar-refractivity contribution in [3.8, 4) is 0 Å². The molecule has 7 heteroatoms. The Morgan fingerprint density at radius 2 is 1.96 bits per heavy atom. The predicted molar refractivity (Wildman–Crippen MR) is 103 cm³/mol. The highest BCUT2D eigenvalue weighted by molar-refractivity contribution is 6.30. The Morgan fingerprint density at radius 3 is 2.62 bits per heavy atom. The van der Waals surface area contributed by atoms with E-state index in [9.17, 15) is 9.59 Å². The van der Waals surface area contributed by atoms with Gasteiger partial charge in [0.2, 0.25) is 11.8 Å². The van der Waals surface area contributed by atoms with E-state index in [0.717, 1.165) is 18.4 Å². The van der Waals surface area contributed by atoms with Gasteiger partial charge in [-0.2, -0.15) is 0 Å². The molecule has 0 spiro atoms. The second kappa shape index (κ2) is 7.75. The summed E-state index contributed by atoms with van der Waals surface area (Å²) in [5.74, 6) is -0.354. The number of nitrogens with one attached hydrogen (secondary N) is 2. The zero-order chi connectivity index (χ0) is 17.6. The molecular weight excluding hydrogens is 373 g/mol. The van der Waals surface area contributed by atoms with E-state index in [1.165, 1.54) is 12.8 Å². The van der Waals surface area contributed by atoms with Gasteiger partial charge in [-0.1, -0.05) is 23.7 Å². The molecule has 4 atom stereocenters. The fraction of sp³-hybridized carbons (Fsp3) is 0.579. The Balaban J connectivity index is 0.00000196. The summed E-state index contributed by atoms with van der Waals surface area (Å²) in [5, 5.41) is 7.44. The fourth-order valence-corrected chi connectivity index (χ4v) is 4.93. The van der Waals surface area contributed by atoms with E-state index in [1.54, 1.807) is 11.9 Å². The van der Waals surface area contributed by atoms with Crippen LogP contribution in [0.1, 0.15) is 43.7 Å². The van der Waals surface area contributed by atoms with Crippen LogP contribution in [0.5, 0.6) is 0 Å². The zero-order valence-corrected chi connectivity index (χ0v) is 16.4. The lowest BCUT2D eigenvalue weighted by Gasteiger charge is -2.31. The molecule has 3 heterocycles. The number of carbonyl (C=O) groups is 2. The highest BCUT2D eigenvalue weighted by Gasteiger charge is 2.44. The maximum absolute atomic E-state index is 13.0. The van der Waals surface area contributed by atoms with Gasteiger partial charge in [0.25, 0.3) is 0 Å². The Morgan fingerprint density at radius 1 is 1.27 bits per heavy atom. The zero-order valence-electron chi connectivity index (χ0n) is 14.8. The first-order chi connectivity index (χ1) is 12.0. The van der Waals surface area contributed by atoms with Gasteiger partial charge < -0.3 is 15.5 Å². The van der Waals surface area contributed by atoms with Crippen molar-refractivity contribution in [3.05, 3.63) is 34.9 Å². The van der Waals surface area contributed by atoms with Gasteiger partial charge >= 0.3 is 0 Å². The molecule has 0 radical (unpaired) electrons. The van der Waals surface area contributed by atoms with E-state index in [4.69, 9.17) is 11.6 Å². The molecule has 3 fully saturated rings. The second-order valence-electron chi connectivity index (χ2n) is 7.63. The van der Waals surface area contributed by atoms with Gasteiger partial charge in [0.15, 0.2) is 0 Å². The monoisotopic (exact) mass is 397 g/mol. The molecular formula is C19H25Cl2N3O2. The third-order valence-electron chi connectivity index (χ3n) is 5.93. The van der Waals surface area contributed by atoms with Crippen molar-refractivity contribution < 1.29 is 9.59 Å². The normalized spacial score (nSPS) is 33.1. The lowest BCUT2D eigenvalue weighted by atomic mass is 9.91. The summed E-state index contributed by atoms with van der Waals surface area (Å²) in [6.07, 6.45) is 4.64. The van der Waals surface area contributed by atoms with Crippen LogP contribution in [0.4, 0.5) is 0 Å². The van der Waals surface area contributed by atoms with Crippen molar-refractivity contribution in [2.45, 2.75) is 56.3 Å². The third-order valence-corrected chi connectivity index (χ3v) is 6.17. The van der Waals surface area contributed by atoms with Crippen molar-refractivity contribution in [1.82, 2.24) is 15.5 Å². The molecule has 26 heavy (non-hydrogen) atoms. The predicted octanol–water partition coefficient (Wildman–Crippen LogP) is 2.68. The van der Waals surface area contributed by atoms with E-state index in [2.05, 4.69) is 10.6 Å². The molecule has 3 aliphatic heterocycles. The Bertz CT molecular complexity index is 687. The van der Waals surface area contributed by atoms with E-state index < -0.39 is 0 Å². The molecule has 2 amide bonds. The summed E-state index contributed by atoms with van der Waals surface area (Å²) in [7, 11) is 1.77. The number of rotatable bonds is 3. The van der Waals surface area contributed by atoms with E-state index in [1.807, 2.05) is 24.3 Å². The minimum Gasteiger partial charge on any atom is -0.353 e. The average molecular weight is 398 g/mol. The number of fused-ring (bicyclic) bond motifs is 2. The number of amides is 2. The van der Waals surface area contributed by atoms with Gasteiger partial charge in [0.05, 0.1) is 12.0 Å². The van der Waals surface area contributed by atoms with Crippen molar-refractivity contribution in [2.24, 2.45) is 5.92 Å². The Kier molecular flexibility index (Phi) is 5.80. The molecule has 5 nitrogen and oxygen atoms in total. The van der Waals surface area contributed by atoms with Gasteiger partial charge in [-0.3, -0.25) is 9.59 Å². The molecule has 0 aromatic heterocycles. The average Bonchev–Trinajstić information content (AvgIpc) is 3.07. The molecule has 142 valence electrons. The smallest absolute Gasteiger partial charge is 0.226 e. The van der Waals surface area contributed by atoms with Crippen LogP contribution < -0.4 is 10.6 Å². The third kappa shape index (κ3) is 3.71. The lowest BCUT2D eigenvalue weighted by Crippen LogP contribution is -2.49. The van der Waals surface area contributed by atoms with Crippen LogP contribution in [0, 0.1) is 5.92 Å². The molecule has 0 saturated carbocycles. The van der Waals surface area contributed by atoms with Crippen molar-refractivity contribution >= 4 is 35.8 Å². The molecule has 4 unspecified atom stereocenters. The molecule has 2 N–H and O–H groups in total. The Labute approximate surface area is 165 Å². The van der Waals surface area contributed by atoms with Crippen LogP contribution >= 0.6 is 24.0 Å². The highest BCUT2D eigenvalue weighted by atomic mass is 35.5. The van der Waals surface area contributed by atoms with Crippen molar-refractivity contribution in [1.29, 1.82) is 0 Å². The summed E-state index contributed by atoms with van der Waals surface area (Å²) in [6.45, 7) is 0. The van der Waals surface area contributed by atoms with E-state index >= 15 is 0 Å². The van der Waals surface area contributed by atoms with Crippen molar-refractivity contribution in [2.75, 3.05) is 7.05 Å². The quantitative estimate of drug-likeness (QED) is 0.823. The van der Waals surface area contributed by atoms with Gasteiger partial charge in [0.1, 0.15) is 0 Å². The first-order valence-corrected chi connectivity index (χ1v) is 9.46. The minimum atomic E-state index is -0.358. The number of hydrogen-bond acceptors (Lipinski definition) is 3. The van der Waals surface area contributed by atoms with E-state index in [0.29, 0.717) is 17.1 Å². The summed E-state index contributed by atoms with van der Waals surface area (Å²) < 4.78 is 0. The molecule has 4 rings (SSSR count). The largest absolute Gasteiger partial charge is 0.353 e. The molecule has 3 aliphatic rings. The van der Waals surface area contributed by atoms with Crippen LogP contribution in [0.25, 0.3) is 0 Å². The maximum Gasteiger partial charge on any atom is 0.226 e. The molecule has 0 aliphatic carbocycles. The standard InChI is InChI=1S/C19H24ClN3O2.ClH/c1-23-17(24)10-16(18(23)11-3-2-4-12(20)7-11)19(25)22-15-8-13-5-6-14(9-15)21-13;/h2-4,7,13-16,18,21H,5-6,8-10H2,1H3,(H,22,25);1H. The first-order valence-electron chi connectivity index (χ1n) is 9.09. The maximum atomic E-state index is 13.0. The number of nitrogens with zero attached hydrogens (tertiary/aromatic N) is 1. The SMILES string of the molecule is CN1C(=O)CC(C(=O)NC2CC3CCC(C2)N3)C1c1cccc(Cl)c1.Cl. The lowest BCUT2D eigenvalue weighted by molar-refractivity contribution is -0.128. The Hall–Kier alpha value is -1.30. The van der Waals surface area contributed by atoms with Crippen LogP contribution in [0.2, 0.25) is 5.02 Å². The number of halogens is 2. The number of piperidine rings is 1. The summed E-state index contributed by atoms with van der Waals surface area (Å²) in [5.41, 5.74) is 0.923. The van der Waals surface area contributed by atoms with Crippen LogP contribution in [-0.4, -0.2) is 41.9 Å². The number of carbonyl (C=O) groups excluding carboxylic acids is 2. The van der Waals surface area contributed by atoms with Crippen LogP contribution in [0.3, 0.4) is 0 Å². The van der Waals surface area contributed by atoms with Gasteiger partial charge in [-0.05, 0) is 43.4 Å². The number of hydrogen-bond donors (Lipinski definition) is 2. The molecule has 1 aromatic carbocycles. The van der Waals surface area contributed by atoms with Gasteiger partial charge in [0, 0.05) is 36.6 Å². The summed E-state index contributed by atoms with van der Waals surface area (Å²) in [6, 6.07) is 8.50. The highest BCUT2D eigenvalue weighted by Crippen LogP contribution is 2.38.